The zero-order valence-corrected chi connectivity index (χ0v) is 14.9. The molecule has 0 aliphatic carbocycles. The van der Waals surface area contributed by atoms with E-state index in [0.717, 1.165) is 34.3 Å². The Bertz CT molecular complexity index is 1150. The fraction of sp³-hybridized carbons (Fsp3) is 0.150. The molecule has 3 heterocycles. The average molecular weight is 359 g/mol. The SMILES string of the molecule is Cc1ccc(-c2nc3nc(C)cc(Nc4ccc5c(c4)OCO5)n3n2)cc1. The topological polar surface area (TPSA) is 73.6 Å². The van der Waals surface area contributed by atoms with Crippen molar-refractivity contribution in [2.45, 2.75) is 13.8 Å². The van der Waals surface area contributed by atoms with E-state index in [0.29, 0.717) is 11.6 Å². The van der Waals surface area contributed by atoms with Gasteiger partial charge in [-0.15, -0.1) is 5.10 Å². The number of benzene rings is 2. The number of hydrogen-bond donors (Lipinski definition) is 1. The number of rotatable bonds is 3. The van der Waals surface area contributed by atoms with Gasteiger partial charge in [0.2, 0.25) is 6.79 Å². The highest BCUT2D eigenvalue weighted by atomic mass is 16.7. The number of nitrogens with zero attached hydrogens (tertiary/aromatic N) is 4. The summed E-state index contributed by atoms with van der Waals surface area (Å²) in [5.41, 5.74) is 3.88. The first-order chi connectivity index (χ1) is 13.2. The number of aromatic nitrogens is 4. The first kappa shape index (κ1) is 15.6. The lowest BCUT2D eigenvalue weighted by Crippen LogP contribution is -2.02. The van der Waals surface area contributed by atoms with Crippen molar-refractivity contribution in [3.05, 3.63) is 59.8 Å². The van der Waals surface area contributed by atoms with Crippen LogP contribution in [0.25, 0.3) is 17.2 Å². The van der Waals surface area contributed by atoms with Gasteiger partial charge in [0, 0.05) is 29.1 Å². The lowest BCUT2D eigenvalue weighted by molar-refractivity contribution is 0.174. The van der Waals surface area contributed by atoms with Crippen molar-refractivity contribution >= 4 is 17.3 Å². The molecule has 1 aliphatic rings. The Morgan fingerprint density at radius 2 is 1.74 bits per heavy atom. The Balaban J connectivity index is 1.56. The van der Waals surface area contributed by atoms with E-state index in [2.05, 4.69) is 27.3 Å². The predicted molar refractivity (Wildman–Crippen MR) is 102 cm³/mol. The monoisotopic (exact) mass is 359 g/mol. The molecule has 0 saturated heterocycles. The van der Waals surface area contributed by atoms with Gasteiger partial charge in [0.15, 0.2) is 17.3 Å². The van der Waals surface area contributed by atoms with Gasteiger partial charge < -0.3 is 14.8 Å². The molecule has 27 heavy (non-hydrogen) atoms. The predicted octanol–water partition coefficient (Wildman–Crippen LogP) is 3.88. The molecule has 0 spiro atoms. The molecule has 7 nitrogen and oxygen atoms in total. The van der Waals surface area contributed by atoms with E-state index in [1.807, 2.05) is 55.5 Å². The number of fused-ring (bicyclic) bond motifs is 2. The summed E-state index contributed by atoms with van der Waals surface area (Å²) < 4.78 is 12.5. The molecule has 1 N–H and O–H groups in total. The van der Waals surface area contributed by atoms with Crippen LogP contribution in [-0.4, -0.2) is 26.4 Å². The quantitative estimate of drug-likeness (QED) is 0.598. The third-order valence-corrected chi connectivity index (χ3v) is 4.39. The summed E-state index contributed by atoms with van der Waals surface area (Å²) in [6, 6.07) is 15.8. The summed E-state index contributed by atoms with van der Waals surface area (Å²) >= 11 is 0. The van der Waals surface area contributed by atoms with Crippen molar-refractivity contribution in [3.8, 4) is 22.9 Å². The molecule has 0 unspecified atom stereocenters. The van der Waals surface area contributed by atoms with Gasteiger partial charge in [-0.3, -0.25) is 0 Å². The molecule has 2 aromatic heterocycles. The molecule has 0 atom stereocenters. The second-order valence-electron chi connectivity index (χ2n) is 6.49. The van der Waals surface area contributed by atoms with Crippen LogP contribution in [0.2, 0.25) is 0 Å². The second-order valence-corrected chi connectivity index (χ2v) is 6.49. The maximum absolute atomic E-state index is 5.45. The van der Waals surface area contributed by atoms with Crippen LogP contribution in [0.3, 0.4) is 0 Å². The van der Waals surface area contributed by atoms with E-state index in [-0.39, 0.29) is 6.79 Å². The van der Waals surface area contributed by atoms with Crippen LogP contribution in [-0.2, 0) is 0 Å². The Hall–Kier alpha value is -3.61. The first-order valence-electron chi connectivity index (χ1n) is 8.64. The molecule has 0 fully saturated rings. The zero-order valence-electron chi connectivity index (χ0n) is 14.9. The summed E-state index contributed by atoms with van der Waals surface area (Å²) in [5, 5.41) is 8.02. The molecule has 4 aromatic rings. The van der Waals surface area contributed by atoms with Crippen LogP contribution >= 0.6 is 0 Å². The van der Waals surface area contributed by atoms with E-state index in [9.17, 15) is 0 Å². The lowest BCUT2D eigenvalue weighted by Gasteiger charge is -2.09. The molecule has 134 valence electrons. The summed E-state index contributed by atoms with van der Waals surface area (Å²) in [7, 11) is 0. The van der Waals surface area contributed by atoms with E-state index < -0.39 is 0 Å². The minimum absolute atomic E-state index is 0.250. The highest BCUT2D eigenvalue weighted by Crippen LogP contribution is 2.35. The van der Waals surface area contributed by atoms with Crippen LogP contribution in [0.5, 0.6) is 11.5 Å². The summed E-state index contributed by atoms with van der Waals surface area (Å²) in [5.74, 6) is 3.44. The van der Waals surface area contributed by atoms with Gasteiger partial charge in [-0.25, -0.2) is 4.98 Å². The van der Waals surface area contributed by atoms with Gasteiger partial charge in [-0.2, -0.15) is 9.50 Å². The van der Waals surface area contributed by atoms with Gasteiger partial charge in [0.25, 0.3) is 5.78 Å². The number of ether oxygens (including phenoxy) is 2. The lowest BCUT2D eigenvalue weighted by atomic mass is 10.1. The van der Waals surface area contributed by atoms with Crippen LogP contribution in [0, 0.1) is 13.8 Å². The zero-order chi connectivity index (χ0) is 18.4. The van der Waals surface area contributed by atoms with Crippen LogP contribution in [0.15, 0.2) is 48.5 Å². The third-order valence-electron chi connectivity index (χ3n) is 4.39. The largest absolute Gasteiger partial charge is 0.454 e. The standard InChI is InChI=1S/C20H17N5O2/c1-12-3-5-14(6-4-12)19-23-20-21-13(2)9-18(25(20)24-19)22-15-7-8-16-17(10-15)27-11-26-16/h3-10,22H,11H2,1-2H3. The van der Waals surface area contributed by atoms with E-state index in [4.69, 9.17) is 9.47 Å². The first-order valence-corrected chi connectivity index (χ1v) is 8.64. The Morgan fingerprint density at radius 3 is 2.59 bits per heavy atom. The van der Waals surface area contributed by atoms with E-state index >= 15 is 0 Å². The fourth-order valence-electron chi connectivity index (χ4n) is 3.02. The second kappa shape index (κ2) is 5.98. The van der Waals surface area contributed by atoms with Crippen molar-refractivity contribution in [2.24, 2.45) is 0 Å². The highest BCUT2D eigenvalue weighted by Gasteiger charge is 2.15. The maximum atomic E-state index is 5.45. The number of aryl methyl sites for hydroxylation is 2. The average Bonchev–Trinajstić information content (AvgIpc) is 3.28. The van der Waals surface area contributed by atoms with Crippen molar-refractivity contribution in [2.75, 3.05) is 12.1 Å². The molecular formula is C20H17N5O2. The Kier molecular flexibility index (Phi) is 3.46. The molecule has 5 rings (SSSR count). The summed E-state index contributed by atoms with van der Waals surface area (Å²) in [6.07, 6.45) is 0. The highest BCUT2D eigenvalue weighted by molar-refractivity contribution is 5.65. The number of nitrogens with one attached hydrogen (secondary N) is 1. The minimum Gasteiger partial charge on any atom is -0.454 e. The Labute approximate surface area is 155 Å². The van der Waals surface area contributed by atoms with E-state index in [1.165, 1.54) is 5.56 Å². The van der Waals surface area contributed by atoms with Crippen LogP contribution in [0.1, 0.15) is 11.3 Å². The van der Waals surface area contributed by atoms with Crippen molar-refractivity contribution in [1.82, 2.24) is 19.6 Å². The number of hydrogen-bond acceptors (Lipinski definition) is 6. The summed E-state index contributed by atoms with van der Waals surface area (Å²) in [6.45, 7) is 4.24. The normalized spacial score (nSPS) is 12.5. The van der Waals surface area contributed by atoms with Gasteiger partial charge in [0.05, 0.1) is 0 Å². The molecule has 0 bridgehead atoms. The van der Waals surface area contributed by atoms with Crippen molar-refractivity contribution in [3.63, 3.8) is 0 Å². The molecule has 1 aliphatic heterocycles. The van der Waals surface area contributed by atoms with Crippen LogP contribution in [0.4, 0.5) is 11.5 Å². The molecular weight excluding hydrogens is 342 g/mol. The molecule has 0 saturated carbocycles. The summed E-state index contributed by atoms with van der Waals surface area (Å²) in [4.78, 5) is 9.09. The fourth-order valence-corrected chi connectivity index (χ4v) is 3.02. The van der Waals surface area contributed by atoms with Gasteiger partial charge in [-0.1, -0.05) is 29.8 Å². The Morgan fingerprint density at radius 1 is 0.926 bits per heavy atom. The molecule has 0 amide bonds. The molecule has 7 heteroatoms. The van der Waals surface area contributed by atoms with Gasteiger partial charge in [-0.05, 0) is 26.0 Å². The molecule has 0 radical (unpaired) electrons. The third kappa shape index (κ3) is 2.83. The van der Waals surface area contributed by atoms with Crippen LogP contribution < -0.4 is 14.8 Å². The maximum Gasteiger partial charge on any atom is 0.254 e. The minimum atomic E-state index is 0.250. The van der Waals surface area contributed by atoms with E-state index in [1.54, 1.807) is 4.52 Å². The number of anilines is 2. The van der Waals surface area contributed by atoms with Gasteiger partial charge >= 0.3 is 0 Å². The molecule has 2 aromatic carbocycles. The van der Waals surface area contributed by atoms with Crippen molar-refractivity contribution in [1.29, 1.82) is 0 Å². The van der Waals surface area contributed by atoms with Gasteiger partial charge in [0.1, 0.15) is 5.82 Å². The van der Waals surface area contributed by atoms with Crippen molar-refractivity contribution < 1.29 is 9.47 Å². The smallest absolute Gasteiger partial charge is 0.254 e.